The maximum atomic E-state index is 6.16. The first-order valence-corrected chi connectivity index (χ1v) is 6.60. The maximum absolute atomic E-state index is 6.16. The highest BCUT2D eigenvalue weighted by atomic mass is 32.2. The van der Waals surface area contributed by atoms with Crippen molar-refractivity contribution >= 4 is 11.8 Å². The smallest absolute Gasteiger partial charge is 0.0751 e. The summed E-state index contributed by atoms with van der Waals surface area (Å²) in [6, 6.07) is 0.0955. The summed E-state index contributed by atoms with van der Waals surface area (Å²) in [5.41, 5.74) is 7.21. The SMILES string of the molecule is Cn1nncc1C(N)CC1CCSCC1. The maximum Gasteiger partial charge on any atom is 0.0751 e. The van der Waals surface area contributed by atoms with Gasteiger partial charge in [-0.3, -0.25) is 4.68 Å². The molecule has 1 atom stereocenters. The Labute approximate surface area is 94.6 Å². The Bertz CT molecular complexity index is 306. The number of rotatable bonds is 3. The summed E-state index contributed by atoms with van der Waals surface area (Å²) in [6.07, 6.45) is 5.47. The van der Waals surface area contributed by atoms with Gasteiger partial charge in [0, 0.05) is 13.1 Å². The quantitative estimate of drug-likeness (QED) is 0.845. The van der Waals surface area contributed by atoms with E-state index in [2.05, 4.69) is 22.1 Å². The summed E-state index contributed by atoms with van der Waals surface area (Å²) >= 11 is 2.06. The molecule has 0 radical (unpaired) electrons. The molecule has 2 heterocycles. The monoisotopic (exact) mass is 226 g/mol. The van der Waals surface area contributed by atoms with Crippen LogP contribution < -0.4 is 5.73 Å². The third-order valence-electron chi connectivity index (χ3n) is 3.06. The zero-order chi connectivity index (χ0) is 10.7. The molecule has 0 amide bonds. The molecule has 0 saturated carbocycles. The van der Waals surface area contributed by atoms with Crippen molar-refractivity contribution in [3.63, 3.8) is 0 Å². The van der Waals surface area contributed by atoms with E-state index in [4.69, 9.17) is 5.73 Å². The van der Waals surface area contributed by atoms with Crippen molar-refractivity contribution in [2.45, 2.75) is 25.3 Å². The third kappa shape index (κ3) is 2.72. The molecular formula is C10H18N4S. The molecule has 4 nitrogen and oxygen atoms in total. The molecular weight excluding hydrogens is 208 g/mol. The van der Waals surface area contributed by atoms with Crippen molar-refractivity contribution in [2.24, 2.45) is 18.7 Å². The van der Waals surface area contributed by atoms with E-state index in [1.807, 2.05) is 7.05 Å². The van der Waals surface area contributed by atoms with Gasteiger partial charge in [0.15, 0.2) is 0 Å². The van der Waals surface area contributed by atoms with Crippen LogP contribution in [0.25, 0.3) is 0 Å². The van der Waals surface area contributed by atoms with Crippen molar-refractivity contribution in [1.29, 1.82) is 0 Å². The fourth-order valence-corrected chi connectivity index (χ4v) is 3.30. The van der Waals surface area contributed by atoms with Gasteiger partial charge in [0.25, 0.3) is 0 Å². The largest absolute Gasteiger partial charge is 0.323 e. The van der Waals surface area contributed by atoms with Crippen molar-refractivity contribution in [1.82, 2.24) is 15.0 Å². The lowest BCUT2D eigenvalue weighted by Gasteiger charge is -2.24. The van der Waals surface area contributed by atoms with Crippen LogP contribution in [0.5, 0.6) is 0 Å². The zero-order valence-corrected chi connectivity index (χ0v) is 9.91. The molecule has 0 spiro atoms. The molecule has 5 heteroatoms. The number of aryl methyl sites for hydroxylation is 1. The summed E-state index contributed by atoms with van der Waals surface area (Å²) in [4.78, 5) is 0. The van der Waals surface area contributed by atoms with Gasteiger partial charge in [0.1, 0.15) is 0 Å². The molecule has 0 aromatic carbocycles. The third-order valence-corrected chi connectivity index (χ3v) is 4.11. The first kappa shape index (κ1) is 11.0. The van der Waals surface area contributed by atoms with Gasteiger partial charge in [-0.05, 0) is 36.7 Å². The van der Waals surface area contributed by atoms with Crippen molar-refractivity contribution < 1.29 is 0 Å². The molecule has 15 heavy (non-hydrogen) atoms. The Morgan fingerprint density at radius 2 is 2.33 bits per heavy atom. The van der Waals surface area contributed by atoms with Crippen molar-refractivity contribution in [3.05, 3.63) is 11.9 Å². The normalized spacial score (nSPS) is 20.4. The van der Waals surface area contributed by atoms with Gasteiger partial charge in [0.05, 0.1) is 11.9 Å². The van der Waals surface area contributed by atoms with E-state index < -0.39 is 0 Å². The van der Waals surface area contributed by atoms with E-state index >= 15 is 0 Å². The number of aromatic nitrogens is 3. The first-order valence-electron chi connectivity index (χ1n) is 5.45. The Morgan fingerprint density at radius 1 is 1.60 bits per heavy atom. The van der Waals surface area contributed by atoms with Crippen LogP contribution in [-0.4, -0.2) is 26.5 Å². The Balaban J connectivity index is 1.91. The molecule has 1 aliphatic heterocycles. The first-order chi connectivity index (χ1) is 7.27. The van der Waals surface area contributed by atoms with Crippen LogP contribution in [0, 0.1) is 5.92 Å². The second kappa shape index (κ2) is 4.99. The van der Waals surface area contributed by atoms with E-state index in [9.17, 15) is 0 Å². The molecule has 2 rings (SSSR count). The van der Waals surface area contributed by atoms with Crippen LogP contribution in [-0.2, 0) is 7.05 Å². The lowest BCUT2D eigenvalue weighted by molar-refractivity contribution is 0.402. The molecule has 1 saturated heterocycles. The predicted octanol–water partition coefficient (Wildman–Crippen LogP) is 1.35. The topological polar surface area (TPSA) is 56.7 Å². The highest BCUT2D eigenvalue weighted by Gasteiger charge is 2.19. The fourth-order valence-electron chi connectivity index (χ4n) is 2.10. The Kier molecular flexibility index (Phi) is 3.64. The van der Waals surface area contributed by atoms with Gasteiger partial charge < -0.3 is 5.73 Å². The van der Waals surface area contributed by atoms with Gasteiger partial charge in [-0.1, -0.05) is 5.21 Å². The van der Waals surface area contributed by atoms with E-state index in [-0.39, 0.29) is 6.04 Å². The number of thioether (sulfide) groups is 1. The average Bonchev–Trinajstić information content (AvgIpc) is 2.66. The Hall–Kier alpha value is -0.550. The van der Waals surface area contributed by atoms with Crippen LogP contribution >= 0.6 is 11.8 Å². The van der Waals surface area contributed by atoms with Crippen molar-refractivity contribution in [3.8, 4) is 0 Å². The van der Waals surface area contributed by atoms with Gasteiger partial charge in [-0.25, -0.2) is 0 Å². The van der Waals surface area contributed by atoms with Gasteiger partial charge in [-0.2, -0.15) is 11.8 Å². The number of nitrogens with zero attached hydrogens (tertiary/aromatic N) is 3. The summed E-state index contributed by atoms with van der Waals surface area (Å²) in [7, 11) is 1.90. The van der Waals surface area contributed by atoms with Gasteiger partial charge >= 0.3 is 0 Å². The molecule has 1 aromatic heterocycles. The zero-order valence-electron chi connectivity index (χ0n) is 9.09. The number of nitrogens with two attached hydrogens (primary N) is 1. The molecule has 84 valence electrons. The second-order valence-corrected chi connectivity index (χ2v) is 5.41. The minimum absolute atomic E-state index is 0.0955. The molecule has 0 bridgehead atoms. The van der Waals surface area contributed by atoms with Gasteiger partial charge in [0.2, 0.25) is 0 Å². The highest BCUT2D eigenvalue weighted by Crippen LogP contribution is 2.29. The van der Waals surface area contributed by atoms with E-state index in [0.717, 1.165) is 18.0 Å². The van der Waals surface area contributed by atoms with Crippen LogP contribution in [0.1, 0.15) is 31.0 Å². The van der Waals surface area contributed by atoms with Crippen LogP contribution in [0.15, 0.2) is 6.20 Å². The van der Waals surface area contributed by atoms with Crippen LogP contribution in [0.4, 0.5) is 0 Å². The molecule has 0 aliphatic carbocycles. The number of hydrogen-bond donors (Lipinski definition) is 1. The summed E-state index contributed by atoms with van der Waals surface area (Å²) < 4.78 is 1.78. The lowest BCUT2D eigenvalue weighted by atomic mass is 9.93. The summed E-state index contributed by atoms with van der Waals surface area (Å²) in [5.74, 6) is 3.37. The van der Waals surface area contributed by atoms with Crippen LogP contribution in [0.2, 0.25) is 0 Å². The summed E-state index contributed by atoms with van der Waals surface area (Å²) in [5, 5.41) is 7.78. The van der Waals surface area contributed by atoms with Crippen molar-refractivity contribution in [2.75, 3.05) is 11.5 Å². The highest BCUT2D eigenvalue weighted by molar-refractivity contribution is 7.99. The average molecular weight is 226 g/mol. The minimum Gasteiger partial charge on any atom is -0.323 e. The second-order valence-electron chi connectivity index (χ2n) is 4.18. The van der Waals surface area contributed by atoms with E-state index in [1.54, 1.807) is 10.9 Å². The number of hydrogen-bond acceptors (Lipinski definition) is 4. The predicted molar refractivity (Wildman–Crippen MR) is 62.6 cm³/mol. The minimum atomic E-state index is 0.0955. The summed E-state index contributed by atoms with van der Waals surface area (Å²) in [6.45, 7) is 0. The lowest BCUT2D eigenvalue weighted by Crippen LogP contribution is -2.20. The van der Waals surface area contributed by atoms with E-state index in [1.165, 1.54) is 24.3 Å². The van der Waals surface area contributed by atoms with Crippen LogP contribution in [0.3, 0.4) is 0 Å². The molecule has 1 fully saturated rings. The molecule has 1 unspecified atom stereocenters. The molecule has 1 aromatic rings. The van der Waals surface area contributed by atoms with Gasteiger partial charge in [-0.15, -0.1) is 5.10 Å². The standard InChI is InChI=1S/C10H18N4S/c1-14-10(7-12-13-14)9(11)6-8-2-4-15-5-3-8/h7-9H,2-6,11H2,1H3. The molecule has 2 N–H and O–H groups in total. The molecule has 1 aliphatic rings. The van der Waals surface area contributed by atoms with E-state index in [0.29, 0.717) is 0 Å². The Morgan fingerprint density at radius 3 is 2.93 bits per heavy atom. The fraction of sp³-hybridized carbons (Fsp3) is 0.800.